The number of ether oxygens (including phenoxy) is 1. The van der Waals surface area contributed by atoms with Crippen LogP contribution in [0.15, 0.2) is 22.7 Å². The highest BCUT2D eigenvalue weighted by Gasteiger charge is 2.11. The standard InChI is InChI=1S/C14H22BrNO2/c1-10(9-17)18-12-5-6-13(15)11(7-12)8-16-14(2,3)4/h5-7,10,16-17H,8-9H2,1-4H3. The number of aliphatic hydroxyl groups is 1. The second-order valence-corrected chi connectivity index (χ2v) is 6.32. The van der Waals surface area contributed by atoms with Crippen LogP contribution in [0.4, 0.5) is 0 Å². The van der Waals surface area contributed by atoms with Gasteiger partial charge in [0, 0.05) is 16.6 Å². The van der Waals surface area contributed by atoms with Crippen LogP contribution in [0.2, 0.25) is 0 Å². The normalized spacial score (nSPS) is 13.4. The van der Waals surface area contributed by atoms with Crippen molar-refractivity contribution in [3.8, 4) is 5.75 Å². The van der Waals surface area contributed by atoms with Crippen molar-refractivity contribution in [3.05, 3.63) is 28.2 Å². The lowest BCUT2D eigenvalue weighted by atomic mass is 10.1. The lowest BCUT2D eigenvalue weighted by Crippen LogP contribution is -2.35. The van der Waals surface area contributed by atoms with Crippen LogP contribution in [0, 0.1) is 0 Å². The third-order valence-electron chi connectivity index (χ3n) is 2.42. The Morgan fingerprint density at radius 1 is 1.39 bits per heavy atom. The third-order valence-corrected chi connectivity index (χ3v) is 3.19. The average molecular weight is 316 g/mol. The molecule has 1 unspecified atom stereocenters. The predicted molar refractivity (Wildman–Crippen MR) is 77.9 cm³/mol. The maximum atomic E-state index is 8.98. The quantitative estimate of drug-likeness (QED) is 0.877. The number of hydrogen-bond acceptors (Lipinski definition) is 3. The summed E-state index contributed by atoms with van der Waals surface area (Å²) in [5.74, 6) is 0.783. The Bertz CT molecular complexity index is 388. The van der Waals surface area contributed by atoms with Crippen molar-refractivity contribution in [1.82, 2.24) is 5.32 Å². The Morgan fingerprint density at radius 2 is 2.06 bits per heavy atom. The van der Waals surface area contributed by atoms with E-state index in [-0.39, 0.29) is 18.2 Å². The molecule has 0 aliphatic heterocycles. The van der Waals surface area contributed by atoms with Gasteiger partial charge in [0.2, 0.25) is 0 Å². The van der Waals surface area contributed by atoms with Gasteiger partial charge in [-0.25, -0.2) is 0 Å². The SMILES string of the molecule is CC(CO)Oc1ccc(Br)c(CNC(C)(C)C)c1. The first-order valence-electron chi connectivity index (χ1n) is 6.13. The van der Waals surface area contributed by atoms with Gasteiger partial charge < -0.3 is 15.2 Å². The first-order valence-corrected chi connectivity index (χ1v) is 6.92. The molecule has 0 heterocycles. The van der Waals surface area contributed by atoms with Crippen molar-refractivity contribution in [3.63, 3.8) is 0 Å². The molecule has 0 spiro atoms. The Labute approximate surface area is 118 Å². The fraction of sp³-hybridized carbons (Fsp3) is 0.571. The van der Waals surface area contributed by atoms with E-state index in [2.05, 4.69) is 42.0 Å². The molecular formula is C14H22BrNO2. The zero-order valence-electron chi connectivity index (χ0n) is 11.5. The molecule has 0 saturated carbocycles. The van der Waals surface area contributed by atoms with Crippen molar-refractivity contribution in [2.24, 2.45) is 0 Å². The molecule has 2 N–H and O–H groups in total. The van der Waals surface area contributed by atoms with Gasteiger partial charge in [0.05, 0.1) is 6.61 Å². The lowest BCUT2D eigenvalue weighted by Gasteiger charge is -2.21. The Balaban J connectivity index is 2.75. The summed E-state index contributed by atoms with van der Waals surface area (Å²) in [5.41, 5.74) is 1.22. The molecule has 0 radical (unpaired) electrons. The largest absolute Gasteiger partial charge is 0.488 e. The zero-order valence-corrected chi connectivity index (χ0v) is 13.0. The van der Waals surface area contributed by atoms with Gasteiger partial charge in [-0.05, 0) is 51.5 Å². The molecule has 102 valence electrons. The summed E-state index contributed by atoms with van der Waals surface area (Å²) in [6.07, 6.45) is -0.186. The van der Waals surface area contributed by atoms with E-state index in [9.17, 15) is 0 Å². The molecule has 0 bridgehead atoms. The van der Waals surface area contributed by atoms with E-state index in [1.807, 2.05) is 25.1 Å². The van der Waals surface area contributed by atoms with Gasteiger partial charge in [0.15, 0.2) is 0 Å². The summed E-state index contributed by atoms with van der Waals surface area (Å²) in [6.45, 7) is 9.04. The Morgan fingerprint density at radius 3 is 2.61 bits per heavy atom. The topological polar surface area (TPSA) is 41.5 Å². The molecule has 4 heteroatoms. The Hall–Kier alpha value is -0.580. The van der Waals surface area contributed by atoms with E-state index in [4.69, 9.17) is 9.84 Å². The minimum Gasteiger partial charge on any atom is -0.488 e. The van der Waals surface area contributed by atoms with Crippen LogP contribution in [0.1, 0.15) is 33.3 Å². The molecule has 0 aliphatic carbocycles. The first-order chi connectivity index (χ1) is 8.31. The summed E-state index contributed by atoms with van der Waals surface area (Å²) in [5, 5.41) is 12.4. The predicted octanol–water partition coefficient (Wildman–Crippen LogP) is 3.10. The zero-order chi connectivity index (χ0) is 13.8. The summed E-state index contributed by atoms with van der Waals surface area (Å²) in [6, 6.07) is 5.87. The minimum absolute atomic E-state index is 0.0195. The van der Waals surface area contributed by atoms with Crippen molar-refractivity contribution in [1.29, 1.82) is 0 Å². The van der Waals surface area contributed by atoms with Crippen LogP contribution in [-0.2, 0) is 6.54 Å². The Kier molecular flexibility index (Phi) is 5.63. The van der Waals surface area contributed by atoms with Gasteiger partial charge in [-0.15, -0.1) is 0 Å². The fourth-order valence-electron chi connectivity index (χ4n) is 1.39. The molecule has 0 fully saturated rings. The van der Waals surface area contributed by atoms with E-state index in [1.165, 1.54) is 0 Å². The van der Waals surface area contributed by atoms with Crippen LogP contribution < -0.4 is 10.1 Å². The molecule has 1 atom stereocenters. The van der Waals surface area contributed by atoms with Gasteiger partial charge in [-0.2, -0.15) is 0 Å². The van der Waals surface area contributed by atoms with Gasteiger partial charge >= 0.3 is 0 Å². The highest BCUT2D eigenvalue weighted by Crippen LogP contribution is 2.23. The molecule has 1 rings (SSSR count). The van der Waals surface area contributed by atoms with E-state index in [1.54, 1.807) is 0 Å². The molecular weight excluding hydrogens is 294 g/mol. The number of benzene rings is 1. The summed E-state index contributed by atoms with van der Waals surface area (Å²) >= 11 is 3.54. The monoisotopic (exact) mass is 315 g/mol. The second kappa shape index (κ2) is 6.55. The van der Waals surface area contributed by atoms with Crippen molar-refractivity contribution in [2.75, 3.05) is 6.61 Å². The van der Waals surface area contributed by atoms with E-state index in [0.29, 0.717) is 0 Å². The smallest absolute Gasteiger partial charge is 0.120 e. The van der Waals surface area contributed by atoms with Crippen LogP contribution in [0.3, 0.4) is 0 Å². The van der Waals surface area contributed by atoms with Crippen LogP contribution >= 0.6 is 15.9 Å². The maximum absolute atomic E-state index is 8.98. The van der Waals surface area contributed by atoms with Crippen LogP contribution in [0.5, 0.6) is 5.75 Å². The van der Waals surface area contributed by atoms with Gasteiger partial charge in [0.1, 0.15) is 11.9 Å². The maximum Gasteiger partial charge on any atom is 0.120 e. The highest BCUT2D eigenvalue weighted by molar-refractivity contribution is 9.10. The molecule has 1 aromatic rings. The van der Waals surface area contributed by atoms with Gasteiger partial charge in [-0.1, -0.05) is 15.9 Å². The molecule has 0 aromatic heterocycles. The summed E-state index contributed by atoms with van der Waals surface area (Å²) < 4.78 is 6.65. The average Bonchev–Trinajstić information content (AvgIpc) is 2.28. The first kappa shape index (κ1) is 15.5. The second-order valence-electron chi connectivity index (χ2n) is 5.47. The number of nitrogens with one attached hydrogen (secondary N) is 1. The summed E-state index contributed by atoms with van der Waals surface area (Å²) in [7, 11) is 0. The van der Waals surface area contributed by atoms with Crippen molar-refractivity contribution in [2.45, 2.75) is 45.9 Å². The number of hydrogen-bond donors (Lipinski definition) is 2. The number of rotatable bonds is 5. The van der Waals surface area contributed by atoms with Crippen LogP contribution in [0.25, 0.3) is 0 Å². The molecule has 0 aliphatic rings. The van der Waals surface area contributed by atoms with Crippen molar-refractivity contribution < 1.29 is 9.84 Å². The summed E-state index contributed by atoms with van der Waals surface area (Å²) in [4.78, 5) is 0. The van der Waals surface area contributed by atoms with Gasteiger partial charge in [0.25, 0.3) is 0 Å². The molecule has 3 nitrogen and oxygen atoms in total. The molecule has 0 amide bonds. The molecule has 18 heavy (non-hydrogen) atoms. The van der Waals surface area contributed by atoms with Gasteiger partial charge in [-0.3, -0.25) is 0 Å². The van der Waals surface area contributed by atoms with E-state index >= 15 is 0 Å². The van der Waals surface area contributed by atoms with E-state index in [0.717, 1.165) is 22.3 Å². The molecule has 0 saturated heterocycles. The van der Waals surface area contributed by atoms with Crippen molar-refractivity contribution >= 4 is 15.9 Å². The third kappa shape index (κ3) is 5.38. The number of aliphatic hydroxyl groups excluding tert-OH is 1. The van der Waals surface area contributed by atoms with E-state index < -0.39 is 0 Å². The number of halogens is 1. The lowest BCUT2D eigenvalue weighted by molar-refractivity contribution is 0.129. The molecule has 1 aromatic carbocycles. The fourth-order valence-corrected chi connectivity index (χ4v) is 1.78. The highest BCUT2D eigenvalue weighted by atomic mass is 79.9. The minimum atomic E-state index is -0.186. The van der Waals surface area contributed by atoms with Crippen LogP contribution in [-0.4, -0.2) is 23.4 Å².